The van der Waals surface area contributed by atoms with Gasteiger partial charge in [0.05, 0.1) is 0 Å². The van der Waals surface area contributed by atoms with E-state index in [0.29, 0.717) is 11.5 Å². The quantitative estimate of drug-likeness (QED) is 0.764. The van der Waals surface area contributed by atoms with E-state index in [4.69, 9.17) is 0 Å². The topological polar surface area (TPSA) is 46.9 Å². The van der Waals surface area contributed by atoms with Crippen molar-refractivity contribution in [3.8, 4) is 0 Å². The molecule has 0 aromatic heterocycles. The first-order valence-corrected chi connectivity index (χ1v) is 7.53. The Bertz CT molecular complexity index is 469. The van der Waals surface area contributed by atoms with Gasteiger partial charge in [-0.1, -0.05) is 24.3 Å². The van der Waals surface area contributed by atoms with Gasteiger partial charge >= 0.3 is 7.12 Å². The minimum atomic E-state index is -1.38. The maximum Gasteiger partial charge on any atom is 0.488 e. The van der Waals surface area contributed by atoms with Crippen LogP contribution in [0.1, 0.15) is 24.8 Å². The smallest absolute Gasteiger partial charge is 0.423 e. The molecule has 2 heterocycles. The van der Waals surface area contributed by atoms with Crippen molar-refractivity contribution in [1.82, 2.24) is 9.80 Å². The lowest BCUT2D eigenvalue weighted by molar-refractivity contribution is 0.215. The molecule has 0 spiro atoms. The molecule has 0 aliphatic carbocycles. The average molecular weight is 274 g/mol. The Hall–Kier alpha value is -0.875. The van der Waals surface area contributed by atoms with Crippen LogP contribution in [0.4, 0.5) is 0 Å². The van der Waals surface area contributed by atoms with Gasteiger partial charge in [0.25, 0.3) is 0 Å². The molecule has 20 heavy (non-hydrogen) atoms. The minimum Gasteiger partial charge on any atom is -0.423 e. The fourth-order valence-electron chi connectivity index (χ4n) is 3.69. The molecule has 108 valence electrons. The van der Waals surface area contributed by atoms with E-state index in [9.17, 15) is 10.0 Å². The largest absolute Gasteiger partial charge is 0.488 e. The number of rotatable bonds is 3. The summed E-state index contributed by atoms with van der Waals surface area (Å²) in [5.41, 5.74) is 1.66. The highest BCUT2D eigenvalue weighted by Crippen LogP contribution is 2.28. The van der Waals surface area contributed by atoms with Crippen molar-refractivity contribution >= 4 is 12.6 Å². The van der Waals surface area contributed by atoms with Crippen LogP contribution in [0, 0.1) is 0 Å². The Labute approximate surface area is 121 Å². The van der Waals surface area contributed by atoms with E-state index >= 15 is 0 Å². The molecule has 3 rings (SSSR count). The number of nitrogens with zero attached hydrogens (tertiary/aromatic N) is 2. The summed E-state index contributed by atoms with van der Waals surface area (Å²) >= 11 is 0. The van der Waals surface area contributed by atoms with E-state index in [1.165, 1.54) is 19.3 Å². The molecule has 2 saturated heterocycles. The molecule has 0 amide bonds. The van der Waals surface area contributed by atoms with Crippen molar-refractivity contribution in [3.63, 3.8) is 0 Å². The number of likely N-dealkylation sites (tertiary alicyclic amines) is 1. The van der Waals surface area contributed by atoms with E-state index in [1.807, 2.05) is 18.2 Å². The predicted octanol–water partition coefficient (Wildman–Crippen LogP) is 0.0349. The normalized spacial score (nSPS) is 27.6. The van der Waals surface area contributed by atoms with Crippen molar-refractivity contribution in [3.05, 3.63) is 29.8 Å². The lowest BCUT2D eigenvalue weighted by atomic mass is 9.77. The van der Waals surface area contributed by atoms with Crippen LogP contribution in [0.25, 0.3) is 0 Å². The number of benzene rings is 1. The number of hydrogen-bond acceptors (Lipinski definition) is 4. The van der Waals surface area contributed by atoms with Crippen LogP contribution in [0.5, 0.6) is 0 Å². The SMILES string of the molecule is CN1C2CCC1CN(Cc1ccccc1B(O)O)CC2. The van der Waals surface area contributed by atoms with E-state index in [-0.39, 0.29) is 0 Å². The second kappa shape index (κ2) is 5.86. The van der Waals surface area contributed by atoms with Gasteiger partial charge in [-0.2, -0.15) is 0 Å². The Kier molecular flexibility index (Phi) is 4.12. The first-order chi connectivity index (χ1) is 9.65. The summed E-state index contributed by atoms with van der Waals surface area (Å²) in [6.07, 6.45) is 3.85. The molecule has 1 aromatic rings. The van der Waals surface area contributed by atoms with Crippen molar-refractivity contribution in [2.75, 3.05) is 20.1 Å². The summed E-state index contributed by atoms with van der Waals surface area (Å²) < 4.78 is 0. The molecule has 2 N–H and O–H groups in total. The van der Waals surface area contributed by atoms with Gasteiger partial charge < -0.3 is 10.0 Å². The van der Waals surface area contributed by atoms with Crippen LogP contribution >= 0.6 is 0 Å². The number of hydrogen-bond donors (Lipinski definition) is 2. The first-order valence-electron chi connectivity index (χ1n) is 7.53. The van der Waals surface area contributed by atoms with Crippen LogP contribution in [0.2, 0.25) is 0 Å². The molecule has 2 aliphatic heterocycles. The van der Waals surface area contributed by atoms with E-state index in [1.54, 1.807) is 6.07 Å². The monoisotopic (exact) mass is 274 g/mol. The van der Waals surface area contributed by atoms with E-state index in [2.05, 4.69) is 16.8 Å². The first kappa shape index (κ1) is 14.1. The van der Waals surface area contributed by atoms with Gasteiger partial charge in [-0.15, -0.1) is 0 Å². The van der Waals surface area contributed by atoms with E-state index < -0.39 is 7.12 Å². The number of fused-ring (bicyclic) bond motifs is 2. The lowest BCUT2D eigenvalue weighted by Crippen LogP contribution is -2.39. The summed E-state index contributed by atoms with van der Waals surface area (Å²) in [5, 5.41) is 18.9. The Morgan fingerprint density at radius 3 is 2.70 bits per heavy atom. The third-order valence-corrected chi connectivity index (χ3v) is 4.96. The van der Waals surface area contributed by atoms with Gasteiger partial charge in [0.1, 0.15) is 0 Å². The molecule has 2 fully saturated rings. The Morgan fingerprint density at radius 2 is 1.90 bits per heavy atom. The van der Waals surface area contributed by atoms with Gasteiger partial charge in [0.2, 0.25) is 0 Å². The molecule has 4 nitrogen and oxygen atoms in total. The Balaban J connectivity index is 1.72. The summed E-state index contributed by atoms with van der Waals surface area (Å²) in [6, 6.07) is 9.03. The maximum atomic E-state index is 9.47. The van der Waals surface area contributed by atoms with Crippen LogP contribution < -0.4 is 5.46 Å². The molecule has 2 unspecified atom stereocenters. The third-order valence-electron chi connectivity index (χ3n) is 4.96. The zero-order valence-electron chi connectivity index (χ0n) is 12.1. The second-order valence-corrected chi connectivity index (χ2v) is 6.15. The van der Waals surface area contributed by atoms with Crippen molar-refractivity contribution < 1.29 is 10.0 Å². The van der Waals surface area contributed by atoms with Gasteiger partial charge in [-0.25, -0.2) is 0 Å². The fraction of sp³-hybridized carbons (Fsp3) is 0.600. The molecule has 2 atom stereocenters. The highest BCUT2D eigenvalue weighted by Gasteiger charge is 2.34. The molecule has 0 radical (unpaired) electrons. The van der Waals surface area contributed by atoms with Crippen molar-refractivity contribution in [2.45, 2.75) is 37.9 Å². The van der Waals surface area contributed by atoms with Gasteiger partial charge in [0, 0.05) is 31.7 Å². The molecule has 1 aromatic carbocycles. The highest BCUT2D eigenvalue weighted by molar-refractivity contribution is 6.59. The van der Waals surface area contributed by atoms with Crippen LogP contribution in [0.15, 0.2) is 24.3 Å². The zero-order chi connectivity index (χ0) is 14.1. The van der Waals surface area contributed by atoms with E-state index in [0.717, 1.165) is 31.2 Å². The van der Waals surface area contributed by atoms with Gasteiger partial charge in [0.15, 0.2) is 0 Å². The van der Waals surface area contributed by atoms with Gasteiger partial charge in [-0.05, 0) is 37.3 Å². The van der Waals surface area contributed by atoms with Crippen LogP contribution in [-0.2, 0) is 6.54 Å². The molecule has 2 aliphatic rings. The van der Waals surface area contributed by atoms with Crippen LogP contribution in [-0.4, -0.2) is 59.2 Å². The highest BCUT2D eigenvalue weighted by atomic mass is 16.4. The minimum absolute atomic E-state index is 0.635. The standard InChI is InChI=1S/C15H23BN2O2/c1-17-13-6-7-14(17)11-18(9-8-13)10-12-4-2-3-5-15(12)16(19)20/h2-5,13-14,19-20H,6-11H2,1H3. The molecular formula is C15H23BN2O2. The predicted molar refractivity (Wildman–Crippen MR) is 80.7 cm³/mol. The van der Waals surface area contributed by atoms with Gasteiger partial charge in [-0.3, -0.25) is 9.80 Å². The number of likely N-dealkylation sites (N-methyl/N-ethyl adjacent to an activating group) is 1. The Morgan fingerprint density at radius 1 is 1.15 bits per heavy atom. The maximum absolute atomic E-state index is 9.47. The molecular weight excluding hydrogens is 251 g/mol. The van der Waals surface area contributed by atoms with Crippen LogP contribution in [0.3, 0.4) is 0 Å². The van der Waals surface area contributed by atoms with Crippen molar-refractivity contribution in [1.29, 1.82) is 0 Å². The zero-order valence-corrected chi connectivity index (χ0v) is 12.1. The molecule has 5 heteroatoms. The average Bonchev–Trinajstić information content (AvgIpc) is 2.67. The fourth-order valence-corrected chi connectivity index (χ4v) is 3.69. The lowest BCUT2D eigenvalue weighted by Gasteiger charge is -2.26. The molecule has 2 bridgehead atoms. The van der Waals surface area contributed by atoms with Crippen molar-refractivity contribution in [2.24, 2.45) is 0 Å². The summed E-state index contributed by atoms with van der Waals surface area (Å²) in [7, 11) is 0.870. The summed E-state index contributed by atoms with van der Waals surface area (Å²) in [5.74, 6) is 0. The summed E-state index contributed by atoms with van der Waals surface area (Å²) in [4.78, 5) is 4.99. The second-order valence-electron chi connectivity index (χ2n) is 6.15. The third kappa shape index (κ3) is 2.77. The summed E-state index contributed by atoms with van der Waals surface area (Å²) in [6.45, 7) is 3.00. The molecule has 0 saturated carbocycles.